The van der Waals surface area contributed by atoms with Crippen molar-refractivity contribution in [2.75, 3.05) is 0 Å². The maximum Gasteiger partial charge on any atom is 0.273 e. The summed E-state index contributed by atoms with van der Waals surface area (Å²) in [5.41, 5.74) is 4.73. The number of nitro groups is 1. The molecule has 130 valence electrons. The molecule has 1 aromatic heterocycles. The number of nitrogens with zero attached hydrogens (tertiary/aromatic N) is 3. The molecular weight excluding hydrogens is 332 g/mol. The summed E-state index contributed by atoms with van der Waals surface area (Å²) in [6, 6.07) is 17.0. The van der Waals surface area contributed by atoms with Gasteiger partial charge in [0.05, 0.1) is 21.9 Å². The summed E-state index contributed by atoms with van der Waals surface area (Å²) in [5.74, 6) is -0.362. The highest BCUT2D eigenvalue weighted by Crippen LogP contribution is 2.16. The monoisotopic (exact) mass is 348 g/mol. The summed E-state index contributed by atoms with van der Waals surface area (Å²) in [4.78, 5) is 22.9. The van der Waals surface area contributed by atoms with E-state index < -0.39 is 4.92 Å². The molecule has 0 aliphatic carbocycles. The molecular formula is C19H16N4O3. The van der Waals surface area contributed by atoms with Crippen LogP contribution < -0.4 is 5.43 Å². The molecule has 0 saturated carbocycles. The van der Waals surface area contributed by atoms with Crippen molar-refractivity contribution in [1.82, 2.24) is 9.99 Å². The highest BCUT2D eigenvalue weighted by Gasteiger charge is 2.12. The van der Waals surface area contributed by atoms with E-state index in [-0.39, 0.29) is 11.6 Å². The smallest absolute Gasteiger partial charge is 0.273 e. The molecule has 0 bridgehead atoms. The third kappa shape index (κ3) is 3.67. The van der Waals surface area contributed by atoms with Crippen molar-refractivity contribution in [3.63, 3.8) is 0 Å². The van der Waals surface area contributed by atoms with Gasteiger partial charge in [-0.05, 0) is 31.2 Å². The Hall–Kier alpha value is -3.74. The molecule has 0 aliphatic rings. The maximum absolute atomic E-state index is 12.5. The maximum atomic E-state index is 12.5. The Labute approximate surface area is 149 Å². The number of hydrogen-bond donors (Lipinski definition) is 1. The predicted molar refractivity (Wildman–Crippen MR) is 98.5 cm³/mol. The number of rotatable bonds is 5. The van der Waals surface area contributed by atoms with Gasteiger partial charge in [0.15, 0.2) is 0 Å². The van der Waals surface area contributed by atoms with Crippen molar-refractivity contribution in [2.24, 2.45) is 5.10 Å². The molecule has 0 aliphatic heterocycles. The van der Waals surface area contributed by atoms with E-state index in [2.05, 4.69) is 10.5 Å². The molecule has 1 N–H and O–H groups in total. The summed E-state index contributed by atoms with van der Waals surface area (Å²) in [6.07, 6.45) is 3.70. The second-order valence-corrected chi connectivity index (χ2v) is 5.55. The molecule has 0 fully saturated rings. The van der Waals surface area contributed by atoms with E-state index in [0.29, 0.717) is 16.8 Å². The number of para-hydroxylation sites is 1. The number of amides is 1. The highest BCUT2D eigenvalue weighted by molar-refractivity contribution is 6.02. The quantitative estimate of drug-likeness (QED) is 0.434. The van der Waals surface area contributed by atoms with Crippen molar-refractivity contribution in [2.45, 2.75) is 6.92 Å². The Morgan fingerprint density at radius 1 is 1.08 bits per heavy atom. The molecule has 0 saturated heterocycles. The van der Waals surface area contributed by atoms with Gasteiger partial charge in [0, 0.05) is 30.1 Å². The second kappa shape index (κ2) is 7.43. The fourth-order valence-electron chi connectivity index (χ4n) is 2.49. The van der Waals surface area contributed by atoms with E-state index in [9.17, 15) is 14.9 Å². The topological polar surface area (TPSA) is 89.5 Å². The zero-order valence-electron chi connectivity index (χ0n) is 14.0. The number of aromatic nitrogens is 1. The Kier molecular flexibility index (Phi) is 4.89. The standard InChI is InChI=1S/C19H16N4O3/c1-14(15-7-6-8-16(13-15)23(25)26)20-21-19(24)17-9-2-3-10-18(17)22-11-4-5-12-22/h2-13H,1H3,(H,21,24)/b20-14+. The lowest BCUT2D eigenvalue weighted by atomic mass is 10.1. The number of carbonyl (C=O) groups excluding carboxylic acids is 1. The molecule has 3 aromatic rings. The average Bonchev–Trinajstić information content (AvgIpc) is 3.20. The third-order valence-corrected chi connectivity index (χ3v) is 3.83. The molecule has 0 radical (unpaired) electrons. The number of nitrogens with one attached hydrogen (secondary N) is 1. The van der Waals surface area contributed by atoms with Gasteiger partial charge in [0.25, 0.3) is 11.6 Å². The Balaban J connectivity index is 1.82. The first-order chi connectivity index (χ1) is 12.6. The van der Waals surface area contributed by atoms with E-state index in [4.69, 9.17) is 0 Å². The van der Waals surface area contributed by atoms with Crippen LogP contribution in [-0.4, -0.2) is 21.1 Å². The van der Waals surface area contributed by atoms with Crippen molar-refractivity contribution < 1.29 is 9.72 Å². The van der Waals surface area contributed by atoms with Gasteiger partial charge < -0.3 is 4.57 Å². The van der Waals surface area contributed by atoms with Gasteiger partial charge in [-0.25, -0.2) is 5.43 Å². The number of benzene rings is 2. The molecule has 7 heteroatoms. The lowest BCUT2D eigenvalue weighted by Crippen LogP contribution is -2.21. The molecule has 0 atom stereocenters. The molecule has 2 aromatic carbocycles. The van der Waals surface area contributed by atoms with Crippen molar-refractivity contribution in [3.8, 4) is 5.69 Å². The van der Waals surface area contributed by atoms with E-state index in [0.717, 1.165) is 5.69 Å². The lowest BCUT2D eigenvalue weighted by molar-refractivity contribution is -0.384. The number of nitro benzene ring substituents is 1. The fraction of sp³-hybridized carbons (Fsp3) is 0.0526. The van der Waals surface area contributed by atoms with E-state index in [1.165, 1.54) is 12.1 Å². The predicted octanol–water partition coefficient (Wildman–Crippen LogP) is 3.54. The van der Waals surface area contributed by atoms with Gasteiger partial charge in [-0.15, -0.1) is 0 Å². The van der Waals surface area contributed by atoms with Gasteiger partial charge in [-0.3, -0.25) is 14.9 Å². The van der Waals surface area contributed by atoms with Crippen LogP contribution in [0.4, 0.5) is 5.69 Å². The summed E-state index contributed by atoms with van der Waals surface area (Å²) in [6.45, 7) is 1.68. The van der Waals surface area contributed by atoms with Crippen LogP contribution in [-0.2, 0) is 0 Å². The summed E-state index contributed by atoms with van der Waals surface area (Å²) in [7, 11) is 0. The first-order valence-electron chi connectivity index (χ1n) is 7.88. The van der Waals surface area contributed by atoms with Crippen molar-refractivity contribution in [3.05, 3.63) is 94.3 Å². The van der Waals surface area contributed by atoms with Crippen LogP contribution in [0.1, 0.15) is 22.8 Å². The Bertz CT molecular complexity index is 978. The highest BCUT2D eigenvalue weighted by atomic mass is 16.6. The van der Waals surface area contributed by atoms with Crippen LogP contribution in [0.2, 0.25) is 0 Å². The van der Waals surface area contributed by atoms with Crippen LogP contribution >= 0.6 is 0 Å². The van der Waals surface area contributed by atoms with E-state index in [1.54, 1.807) is 31.2 Å². The first kappa shape index (κ1) is 17.1. The van der Waals surface area contributed by atoms with Crippen molar-refractivity contribution >= 4 is 17.3 Å². The molecule has 3 rings (SSSR count). The average molecular weight is 348 g/mol. The van der Waals surface area contributed by atoms with E-state index >= 15 is 0 Å². The summed E-state index contributed by atoms with van der Waals surface area (Å²) in [5, 5.41) is 14.9. The third-order valence-electron chi connectivity index (χ3n) is 3.83. The van der Waals surface area contributed by atoms with Gasteiger partial charge >= 0.3 is 0 Å². The van der Waals surface area contributed by atoms with Gasteiger partial charge in [-0.2, -0.15) is 5.10 Å². The van der Waals surface area contributed by atoms with Crippen LogP contribution in [0.25, 0.3) is 5.69 Å². The molecule has 7 nitrogen and oxygen atoms in total. The minimum absolute atomic E-state index is 0.0265. The van der Waals surface area contributed by atoms with E-state index in [1.807, 2.05) is 41.2 Å². The van der Waals surface area contributed by atoms with Crippen LogP contribution in [0, 0.1) is 10.1 Å². The molecule has 1 amide bonds. The van der Waals surface area contributed by atoms with Gasteiger partial charge in [0.1, 0.15) is 0 Å². The van der Waals surface area contributed by atoms with Crippen molar-refractivity contribution in [1.29, 1.82) is 0 Å². The van der Waals surface area contributed by atoms with Gasteiger partial charge in [0.2, 0.25) is 0 Å². The fourth-order valence-corrected chi connectivity index (χ4v) is 2.49. The first-order valence-corrected chi connectivity index (χ1v) is 7.88. The minimum atomic E-state index is -0.470. The molecule has 1 heterocycles. The zero-order chi connectivity index (χ0) is 18.5. The second-order valence-electron chi connectivity index (χ2n) is 5.55. The molecule has 26 heavy (non-hydrogen) atoms. The van der Waals surface area contributed by atoms with Crippen LogP contribution in [0.5, 0.6) is 0 Å². The SMILES string of the molecule is C/C(=N\NC(=O)c1ccccc1-n1cccc1)c1cccc([N+](=O)[O-])c1. The number of hydrazone groups is 1. The zero-order valence-corrected chi connectivity index (χ0v) is 14.0. The number of carbonyl (C=O) groups is 1. The molecule has 0 unspecified atom stereocenters. The Morgan fingerprint density at radius 3 is 2.54 bits per heavy atom. The summed E-state index contributed by atoms with van der Waals surface area (Å²) >= 11 is 0. The Morgan fingerprint density at radius 2 is 1.81 bits per heavy atom. The number of non-ortho nitro benzene ring substituents is 1. The van der Waals surface area contributed by atoms with Crippen LogP contribution in [0.15, 0.2) is 78.2 Å². The summed E-state index contributed by atoms with van der Waals surface area (Å²) < 4.78 is 1.84. The van der Waals surface area contributed by atoms with Crippen LogP contribution in [0.3, 0.4) is 0 Å². The minimum Gasteiger partial charge on any atom is -0.323 e. The lowest BCUT2D eigenvalue weighted by Gasteiger charge is -2.09. The normalized spacial score (nSPS) is 11.2. The number of hydrogen-bond acceptors (Lipinski definition) is 4. The van der Waals surface area contributed by atoms with Gasteiger partial charge in [-0.1, -0.05) is 24.3 Å². The molecule has 0 spiro atoms. The largest absolute Gasteiger partial charge is 0.323 e.